The average molecular weight is 135 g/mol. The van der Waals surface area contributed by atoms with Gasteiger partial charge in [0, 0.05) is 10.4 Å². The first-order valence-electron chi connectivity index (χ1n) is 2.83. The largest absolute Gasteiger partial charge is 0.515 e. The summed E-state index contributed by atoms with van der Waals surface area (Å²) in [4.78, 5) is 0. The highest BCUT2D eigenvalue weighted by Gasteiger charge is 1.80. The van der Waals surface area contributed by atoms with E-state index in [2.05, 4.69) is 6.07 Å². The van der Waals surface area contributed by atoms with Crippen molar-refractivity contribution >= 4 is 12.5 Å². The van der Waals surface area contributed by atoms with Crippen LogP contribution in [-0.2, 0) is 0 Å². The third-order valence-electron chi connectivity index (χ3n) is 1.21. The van der Waals surface area contributed by atoms with E-state index >= 15 is 0 Å². The highest BCUT2D eigenvalue weighted by molar-refractivity contribution is 5.22. The zero-order valence-corrected chi connectivity index (χ0v) is 5.28. The minimum Gasteiger partial charge on any atom is -0.515 e. The second-order valence-corrected chi connectivity index (χ2v) is 1.81. The quantitative estimate of drug-likeness (QED) is 0.529. The molecule has 2 N–H and O–H groups in total. The average Bonchev–Trinajstić information content (AvgIpc) is 2.04. The summed E-state index contributed by atoms with van der Waals surface area (Å²) in [7, 11) is 0. The number of hydrogen-bond acceptors (Lipinski definition) is 2. The van der Waals surface area contributed by atoms with Crippen molar-refractivity contribution < 1.29 is 10.2 Å². The monoisotopic (exact) mass is 135 g/mol. The smallest absolute Gasteiger partial charge is 0.0871 e. The van der Waals surface area contributed by atoms with Crippen molar-refractivity contribution in [1.29, 1.82) is 0 Å². The first-order valence-corrected chi connectivity index (χ1v) is 2.83. The van der Waals surface area contributed by atoms with E-state index in [0.29, 0.717) is 10.4 Å². The Morgan fingerprint density at radius 1 is 1.20 bits per heavy atom. The maximum absolute atomic E-state index is 8.58. The van der Waals surface area contributed by atoms with Crippen LogP contribution in [0.5, 0.6) is 0 Å². The second-order valence-electron chi connectivity index (χ2n) is 1.81. The van der Waals surface area contributed by atoms with Crippen molar-refractivity contribution in [1.82, 2.24) is 0 Å². The molecular weight excluding hydrogens is 128 g/mol. The summed E-state index contributed by atoms with van der Waals surface area (Å²) in [5.74, 6) is 0. The fraction of sp³-hybridized carbons (Fsp3) is 0. The molecule has 0 saturated heterocycles. The van der Waals surface area contributed by atoms with Crippen LogP contribution in [0.1, 0.15) is 0 Å². The summed E-state index contributed by atoms with van der Waals surface area (Å²) < 4.78 is 0. The molecule has 2 heteroatoms. The van der Waals surface area contributed by atoms with Crippen molar-refractivity contribution in [3.8, 4) is 0 Å². The number of aliphatic hydroxyl groups is 2. The molecule has 0 unspecified atom stereocenters. The highest BCUT2D eigenvalue weighted by atomic mass is 16.2. The van der Waals surface area contributed by atoms with Crippen LogP contribution in [-0.4, -0.2) is 10.2 Å². The molecule has 10 heavy (non-hydrogen) atoms. The zero-order valence-electron chi connectivity index (χ0n) is 5.28. The van der Waals surface area contributed by atoms with Gasteiger partial charge in [-0.2, -0.15) is 0 Å². The summed E-state index contributed by atoms with van der Waals surface area (Å²) >= 11 is 0. The van der Waals surface area contributed by atoms with Crippen LogP contribution >= 0.6 is 0 Å². The van der Waals surface area contributed by atoms with Gasteiger partial charge in [0.15, 0.2) is 0 Å². The Morgan fingerprint density at radius 3 is 2.40 bits per heavy atom. The lowest BCUT2D eigenvalue weighted by Crippen LogP contribution is -2.23. The molecule has 0 amide bonds. The number of aliphatic hydroxyl groups excluding tert-OH is 2. The molecule has 2 nitrogen and oxygen atoms in total. The zero-order chi connectivity index (χ0) is 7.40. The van der Waals surface area contributed by atoms with Crippen LogP contribution in [0.4, 0.5) is 0 Å². The van der Waals surface area contributed by atoms with E-state index < -0.39 is 0 Å². The Hall–Kier alpha value is -1.44. The third kappa shape index (κ3) is 1.10. The molecule has 0 atom stereocenters. The number of benzene rings is 1. The minimum atomic E-state index is 0.560. The van der Waals surface area contributed by atoms with Gasteiger partial charge in [0.1, 0.15) is 0 Å². The molecule has 1 aromatic rings. The standard InChI is InChI=1S/C8H7O2/c9-5-7-3-1-2-4-8(7)6-10/h1,3-6,9-10H. The van der Waals surface area contributed by atoms with Gasteiger partial charge in [-0.1, -0.05) is 12.1 Å². The van der Waals surface area contributed by atoms with Gasteiger partial charge in [-0.05, 0) is 12.1 Å². The molecule has 1 aromatic carbocycles. The molecule has 0 spiro atoms. The van der Waals surface area contributed by atoms with E-state index in [1.54, 1.807) is 18.2 Å². The molecule has 0 bridgehead atoms. The van der Waals surface area contributed by atoms with Crippen LogP contribution < -0.4 is 10.4 Å². The van der Waals surface area contributed by atoms with Gasteiger partial charge >= 0.3 is 0 Å². The molecule has 0 aliphatic carbocycles. The summed E-state index contributed by atoms with van der Waals surface area (Å²) in [6.07, 6.45) is 1.87. The Labute approximate surface area is 58.4 Å². The number of rotatable bonds is 0. The molecule has 51 valence electrons. The van der Waals surface area contributed by atoms with Crippen molar-refractivity contribution in [3.05, 3.63) is 34.7 Å². The van der Waals surface area contributed by atoms with E-state index in [0.717, 1.165) is 12.5 Å². The van der Waals surface area contributed by atoms with Crippen LogP contribution in [0, 0.1) is 6.07 Å². The predicted octanol–water partition coefficient (Wildman–Crippen LogP) is 0.0788. The Bertz CT molecular complexity index is 281. The van der Waals surface area contributed by atoms with E-state index in [-0.39, 0.29) is 0 Å². The predicted molar refractivity (Wildman–Crippen MR) is 38.7 cm³/mol. The van der Waals surface area contributed by atoms with Gasteiger partial charge in [-0.25, -0.2) is 0 Å². The van der Waals surface area contributed by atoms with Crippen molar-refractivity contribution in [2.45, 2.75) is 0 Å². The molecule has 0 aromatic heterocycles. The van der Waals surface area contributed by atoms with Crippen LogP contribution in [0.2, 0.25) is 0 Å². The SMILES string of the molecule is OC=c1c[c]ccc1=CO. The van der Waals surface area contributed by atoms with E-state index in [1.807, 2.05) is 0 Å². The van der Waals surface area contributed by atoms with Gasteiger partial charge in [-0.15, -0.1) is 0 Å². The van der Waals surface area contributed by atoms with Crippen LogP contribution in [0.3, 0.4) is 0 Å². The summed E-state index contributed by atoms with van der Waals surface area (Å²) in [5, 5.41) is 18.3. The van der Waals surface area contributed by atoms with Gasteiger partial charge in [0.05, 0.1) is 12.5 Å². The molecule has 0 aliphatic rings. The fourth-order valence-corrected chi connectivity index (χ4v) is 0.685. The molecule has 0 aliphatic heterocycles. The maximum atomic E-state index is 8.58. The third-order valence-corrected chi connectivity index (χ3v) is 1.21. The van der Waals surface area contributed by atoms with E-state index in [4.69, 9.17) is 10.2 Å². The first-order chi connectivity index (χ1) is 4.88. The Balaban J connectivity index is 3.53. The second kappa shape index (κ2) is 2.92. The van der Waals surface area contributed by atoms with Crippen molar-refractivity contribution in [2.75, 3.05) is 0 Å². The summed E-state index contributed by atoms with van der Waals surface area (Å²) in [6.45, 7) is 0. The lowest BCUT2D eigenvalue weighted by molar-refractivity contribution is 0.533. The van der Waals surface area contributed by atoms with Crippen molar-refractivity contribution in [3.63, 3.8) is 0 Å². The molecular formula is C8H7O2. The molecule has 0 saturated carbocycles. The fourth-order valence-electron chi connectivity index (χ4n) is 0.685. The topological polar surface area (TPSA) is 40.5 Å². The van der Waals surface area contributed by atoms with Crippen molar-refractivity contribution in [2.24, 2.45) is 0 Å². The van der Waals surface area contributed by atoms with Gasteiger partial charge in [0.25, 0.3) is 0 Å². The summed E-state index contributed by atoms with van der Waals surface area (Å²) in [6, 6.07) is 7.67. The van der Waals surface area contributed by atoms with Crippen LogP contribution in [0.15, 0.2) is 18.2 Å². The lowest BCUT2D eigenvalue weighted by Gasteiger charge is -1.83. The minimum absolute atomic E-state index is 0.560. The van der Waals surface area contributed by atoms with E-state index in [9.17, 15) is 0 Å². The molecule has 0 fully saturated rings. The first kappa shape index (κ1) is 6.68. The normalized spacial score (nSPS) is 14.0. The summed E-state index contributed by atoms with van der Waals surface area (Å²) in [5.41, 5.74) is 0. The molecule has 1 radical (unpaired) electrons. The van der Waals surface area contributed by atoms with Gasteiger partial charge in [-0.3, -0.25) is 0 Å². The maximum Gasteiger partial charge on any atom is 0.0871 e. The Morgan fingerprint density at radius 2 is 1.90 bits per heavy atom. The van der Waals surface area contributed by atoms with Crippen LogP contribution in [0.25, 0.3) is 12.5 Å². The number of hydrogen-bond donors (Lipinski definition) is 2. The molecule has 1 rings (SSSR count). The van der Waals surface area contributed by atoms with Gasteiger partial charge in [0.2, 0.25) is 0 Å². The van der Waals surface area contributed by atoms with Gasteiger partial charge < -0.3 is 10.2 Å². The highest BCUT2D eigenvalue weighted by Crippen LogP contribution is 1.67. The lowest BCUT2D eigenvalue weighted by atomic mass is 10.3. The van der Waals surface area contributed by atoms with E-state index in [1.165, 1.54) is 0 Å². The molecule has 0 heterocycles. The Kier molecular flexibility index (Phi) is 1.95.